The molecule has 2 aromatic heterocycles. The SMILES string of the molecule is N#Cc1ccccc1NC(=O)C1CCN(c2ccc(-c3ccco3)nn2)CC1. The molecule has 1 aliphatic heterocycles. The van der Waals surface area contributed by atoms with E-state index in [4.69, 9.17) is 9.68 Å². The number of nitrogens with one attached hydrogen (secondary N) is 1. The van der Waals surface area contributed by atoms with E-state index in [0.717, 1.165) is 31.7 Å². The third-order valence-electron chi connectivity index (χ3n) is 4.92. The minimum Gasteiger partial charge on any atom is -0.463 e. The maximum Gasteiger partial charge on any atom is 0.227 e. The van der Waals surface area contributed by atoms with Crippen LogP contribution in [0.3, 0.4) is 0 Å². The van der Waals surface area contributed by atoms with Crippen molar-refractivity contribution in [1.82, 2.24) is 10.2 Å². The van der Waals surface area contributed by atoms with Crippen molar-refractivity contribution >= 4 is 17.4 Å². The van der Waals surface area contributed by atoms with Gasteiger partial charge in [0.2, 0.25) is 5.91 Å². The lowest BCUT2D eigenvalue weighted by molar-refractivity contribution is -0.120. The summed E-state index contributed by atoms with van der Waals surface area (Å²) < 4.78 is 5.33. The molecule has 3 heterocycles. The Morgan fingerprint density at radius 2 is 1.93 bits per heavy atom. The summed E-state index contributed by atoms with van der Waals surface area (Å²) in [6, 6.07) is 16.6. The molecule has 4 rings (SSSR count). The number of carbonyl (C=O) groups is 1. The van der Waals surface area contributed by atoms with E-state index >= 15 is 0 Å². The lowest BCUT2D eigenvalue weighted by Gasteiger charge is -2.31. The Morgan fingerprint density at radius 3 is 2.61 bits per heavy atom. The van der Waals surface area contributed by atoms with Crippen molar-refractivity contribution in [2.45, 2.75) is 12.8 Å². The van der Waals surface area contributed by atoms with Gasteiger partial charge in [0.05, 0.1) is 17.5 Å². The van der Waals surface area contributed by atoms with Crippen LogP contribution in [0, 0.1) is 17.2 Å². The zero-order valence-electron chi connectivity index (χ0n) is 15.2. The van der Waals surface area contributed by atoms with Crippen molar-refractivity contribution in [3.63, 3.8) is 0 Å². The molecule has 1 amide bonds. The monoisotopic (exact) mass is 373 g/mol. The molecule has 1 N–H and O–H groups in total. The van der Waals surface area contributed by atoms with Crippen molar-refractivity contribution in [2.75, 3.05) is 23.3 Å². The highest BCUT2D eigenvalue weighted by Crippen LogP contribution is 2.25. The van der Waals surface area contributed by atoms with Crippen molar-refractivity contribution < 1.29 is 9.21 Å². The molecule has 1 saturated heterocycles. The van der Waals surface area contributed by atoms with E-state index in [-0.39, 0.29) is 11.8 Å². The first-order valence-electron chi connectivity index (χ1n) is 9.17. The second kappa shape index (κ2) is 7.92. The average molecular weight is 373 g/mol. The van der Waals surface area contributed by atoms with Gasteiger partial charge in [0.25, 0.3) is 0 Å². The number of carbonyl (C=O) groups excluding carboxylic acids is 1. The third-order valence-corrected chi connectivity index (χ3v) is 4.92. The van der Waals surface area contributed by atoms with Gasteiger partial charge in [-0.15, -0.1) is 10.2 Å². The Kier molecular flexibility index (Phi) is 5.02. The van der Waals surface area contributed by atoms with Crippen LogP contribution in [0.25, 0.3) is 11.5 Å². The van der Waals surface area contributed by atoms with Gasteiger partial charge in [-0.3, -0.25) is 4.79 Å². The highest BCUT2D eigenvalue weighted by Gasteiger charge is 2.26. The molecule has 0 saturated carbocycles. The van der Waals surface area contributed by atoms with E-state index < -0.39 is 0 Å². The van der Waals surface area contributed by atoms with Gasteiger partial charge >= 0.3 is 0 Å². The number of anilines is 2. The van der Waals surface area contributed by atoms with E-state index in [9.17, 15) is 4.79 Å². The summed E-state index contributed by atoms with van der Waals surface area (Å²) in [7, 11) is 0. The van der Waals surface area contributed by atoms with Gasteiger partial charge in [0.1, 0.15) is 11.8 Å². The molecule has 140 valence electrons. The van der Waals surface area contributed by atoms with Gasteiger partial charge in [-0.25, -0.2) is 0 Å². The minimum atomic E-state index is -0.0849. The molecule has 1 aliphatic rings. The van der Waals surface area contributed by atoms with Crippen LogP contribution in [-0.2, 0) is 4.79 Å². The molecule has 0 spiro atoms. The first-order chi connectivity index (χ1) is 13.7. The Labute approximate surface area is 162 Å². The maximum absolute atomic E-state index is 12.6. The fourth-order valence-electron chi connectivity index (χ4n) is 3.34. The largest absolute Gasteiger partial charge is 0.463 e. The van der Waals surface area contributed by atoms with Crippen molar-refractivity contribution in [3.05, 3.63) is 60.4 Å². The van der Waals surface area contributed by atoms with E-state index in [1.54, 1.807) is 24.5 Å². The van der Waals surface area contributed by atoms with Crippen LogP contribution in [0.15, 0.2) is 59.2 Å². The third kappa shape index (κ3) is 3.71. The van der Waals surface area contributed by atoms with Gasteiger partial charge in [-0.05, 0) is 49.2 Å². The molecule has 1 aromatic carbocycles. The van der Waals surface area contributed by atoms with Crippen LogP contribution in [0.5, 0.6) is 0 Å². The van der Waals surface area contributed by atoms with E-state index in [2.05, 4.69) is 26.5 Å². The number of hydrogen-bond donors (Lipinski definition) is 1. The molecule has 0 unspecified atom stereocenters. The first-order valence-corrected chi connectivity index (χ1v) is 9.17. The molecule has 7 heteroatoms. The van der Waals surface area contributed by atoms with Crippen molar-refractivity contribution in [3.8, 4) is 17.5 Å². The molecule has 0 aliphatic carbocycles. The highest BCUT2D eigenvalue weighted by molar-refractivity contribution is 5.93. The second-order valence-corrected chi connectivity index (χ2v) is 6.66. The van der Waals surface area contributed by atoms with E-state index in [0.29, 0.717) is 22.7 Å². The predicted molar refractivity (Wildman–Crippen MR) is 104 cm³/mol. The number of rotatable bonds is 4. The summed E-state index contributed by atoms with van der Waals surface area (Å²) in [6.45, 7) is 1.46. The number of benzene rings is 1. The van der Waals surface area contributed by atoms with E-state index in [1.807, 2.05) is 30.3 Å². The summed E-state index contributed by atoms with van der Waals surface area (Å²) >= 11 is 0. The second-order valence-electron chi connectivity index (χ2n) is 6.66. The van der Waals surface area contributed by atoms with Crippen LogP contribution in [0.4, 0.5) is 11.5 Å². The Hall–Kier alpha value is -3.66. The summed E-state index contributed by atoms with van der Waals surface area (Å²) in [4.78, 5) is 14.7. The zero-order valence-corrected chi connectivity index (χ0v) is 15.2. The number of piperidine rings is 1. The molecule has 1 fully saturated rings. The smallest absolute Gasteiger partial charge is 0.227 e. The lowest BCUT2D eigenvalue weighted by atomic mass is 9.95. The van der Waals surface area contributed by atoms with Gasteiger partial charge < -0.3 is 14.6 Å². The van der Waals surface area contributed by atoms with Crippen LogP contribution in [0.2, 0.25) is 0 Å². The first kappa shape index (κ1) is 17.7. The molecular weight excluding hydrogens is 354 g/mol. The molecular formula is C21H19N5O2. The number of para-hydroxylation sites is 1. The quantitative estimate of drug-likeness (QED) is 0.752. The minimum absolute atomic E-state index is 0.0402. The summed E-state index contributed by atoms with van der Waals surface area (Å²) in [5.74, 6) is 1.36. The topological polar surface area (TPSA) is 95.1 Å². The number of nitriles is 1. The van der Waals surface area contributed by atoms with Crippen molar-refractivity contribution in [1.29, 1.82) is 5.26 Å². The number of aromatic nitrogens is 2. The maximum atomic E-state index is 12.6. The molecule has 0 radical (unpaired) electrons. The number of furan rings is 1. The molecule has 7 nitrogen and oxygen atoms in total. The lowest BCUT2D eigenvalue weighted by Crippen LogP contribution is -2.38. The molecule has 28 heavy (non-hydrogen) atoms. The van der Waals surface area contributed by atoms with E-state index in [1.165, 1.54) is 0 Å². The molecule has 0 bridgehead atoms. The van der Waals surface area contributed by atoms with Gasteiger partial charge in [-0.1, -0.05) is 12.1 Å². The fraction of sp³-hybridized carbons (Fsp3) is 0.238. The Balaban J connectivity index is 1.35. The summed E-state index contributed by atoms with van der Waals surface area (Å²) in [5, 5.41) is 20.6. The highest BCUT2D eigenvalue weighted by atomic mass is 16.3. The standard InChI is InChI=1S/C21H19N5O2/c22-14-16-4-1-2-5-17(16)23-21(27)15-9-11-26(12-10-15)20-8-7-18(24-25-20)19-6-3-13-28-19/h1-8,13,15H,9-12H2,(H,23,27). The van der Waals surface area contributed by atoms with Crippen LogP contribution in [0.1, 0.15) is 18.4 Å². The summed E-state index contributed by atoms with van der Waals surface area (Å²) in [6.07, 6.45) is 3.06. The van der Waals surface area contributed by atoms with Gasteiger partial charge in [-0.2, -0.15) is 5.26 Å². The van der Waals surface area contributed by atoms with Crippen LogP contribution >= 0.6 is 0 Å². The van der Waals surface area contributed by atoms with Gasteiger partial charge in [0.15, 0.2) is 11.6 Å². The molecule has 0 atom stereocenters. The number of amides is 1. The molecule has 3 aromatic rings. The number of nitrogens with zero attached hydrogens (tertiary/aromatic N) is 4. The fourth-order valence-corrected chi connectivity index (χ4v) is 3.34. The average Bonchev–Trinajstić information content (AvgIpc) is 3.29. The normalized spacial score (nSPS) is 14.5. The van der Waals surface area contributed by atoms with Gasteiger partial charge in [0, 0.05) is 19.0 Å². The van der Waals surface area contributed by atoms with Crippen molar-refractivity contribution in [2.24, 2.45) is 5.92 Å². The Morgan fingerprint density at radius 1 is 1.11 bits per heavy atom. The number of hydrogen-bond acceptors (Lipinski definition) is 6. The summed E-state index contributed by atoms with van der Waals surface area (Å²) in [5.41, 5.74) is 1.73. The van der Waals surface area contributed by atoms with Crippen LogP contribution in [-0.4, -0.2) is 29.2 Å². The zero-order chi connectivity index (χ0) is 19.3. The Bertz CT molecular complexity index is 984. The predicted octanol–water partition coefficient (Wildman–Crippen LogP) is 3.46. The van der Waals surface area contributed by atoms with Crippen LogP contribution < -0.4 is 10.2 Å².